The van der Waals surface area contributed by atoms with Crippen LogP contribution in [0.2, 0.25) is 0 Å². The summed E-state index contributed by atoms with van der Waals surface area (Å²) in [4.78, 5) is 47.0. The molecule has 0 aliphatic rings. The zero-order chi connectivity index (χ0) is 56.2. The first-order chi connectivity index (χ1) is 35.5. The summed E-state index contributed by atoms with van der Waals surface area (Å²) in [6.07, 6.45) is -12.6. The van der Waals surface area contributed by atoms with Gasteiger partial charge in [0.15, 0.2) is 0 Å². The van der Waals surface area contributed by atoms with Crippen molar-refractivity contribution in [2.45, 2.75) is 52.4 Å². The zero-order valence-corrected chi connectivity index (χ0v) is 39.1. The number of nitrogens with zero attached hydrogens (tertiary/aromatic N) is 4. The number of hydrogen-bond acceptors (Lipinski definition) is 12. The molecular weight excluding hydrogens is 1040 g/mol. The van der Waals surface area contributed by atoms with Crippen molar-refractivity contribution in [3.05, 3.63) is 189 Å². The maximum atomic E-state index is 12.4. The molecule has 76 heavy (non-hydrogen) atoms. The number of alkyl halides is 12. The number of anilines is 4. The van der Waals surface area contributed by atoms with Gasteiger partial charge in [-0.1, -0.05) is 20.6 Å². The summed E-state index contributed by atoms with van der Waals surface area (Å²) in [7, 11) is 0. The number of hydrogen-bond donors (Lipinski definition) is 4. The second-order valence-corrected chi connectivity index (χ2v) is 15.3. The van der Waals surface area contributed by atoms with Crippen molar-refractivity contribution in [3.8, 4) is 0 Å². The van der Waals surface area contributed by atoms with Gasteiger partial charge in [-0.25, -0.2) is 0 Å². The number of rotatable bonds is 8. The Labute approximate surface area is 419 Å². The Kier molecular flexibility index (Phi) is 18.4. The third kappa shape index (κ3) is 16.4. The smallest absolute Gasteiger partial charge is 0.361 e. The van der Waals surface area contributed by atoms with Gasteiger partial charge < -0.3 is 39.4 Å². The molecule has 0 bridgehead atoms. The normalized spacial score (nSPS) is 11.4. The first-order valence-corrected chi connectivity index (χ1v) is 21.1. The van der Waals surface area contributed by atoms with E-state index in [0.29, 0.717) is 23.0 Å². The van der Waals surface area contributed by atoms with Crippen LogP contribution < -0.4 is 21.3 Å². The minimum absolute atomic E-state index is 0.236. The molecular formula is C48H36F12N8O8. The molecule has 0 radical (unpaired) electrons. The predicted molar refractivity (Wildman–Crippen MR) is 243 cm³/mol. The van der Waals surface area contributed by atoms with Gasteiger partial charge in [-0.3, -0.25) is 19.2 Å². The molecule has 28 heteroatoms. The van der Waals surface area contributed by atoms with Crippen LogP contribution in [0.1, 0.15) is 86.7 Å². The highest BCUT2D eigenvalue weighted by Crippen LogP contribution is 2.33. The van der Waals surface area contributed by atoms with E-state index in [1.807, 2.05) is 0 Å². The van der Waals surface area contributed by atoms with Crippen molar-refractivity contribution in [2.75, 3.05) is 21.3 Å². The third-order valence-electron chi connectivity index (χ3n) is 9.86. The second-order valence-electron chi connectivity index (χ2n) is 15.3. The molecule has 0 aliphatic carbocycles. The number of amides is 4. The molecule has 4 heterocycles. The van der Waals surface area contributed by atoms with E-state index in [1.165, 1.54) is 73.3 Å². The summed E-state index contributed by atoms with van der Waals surface area (Å²) in [5.41, 5.74) is -1.09. The van der Waals surface area contributed by atoms with Gasteiger partial charge in [0.1, 0.15) is 45.3 Å². The largest absolute Gasteiger partial charge is 0.416 e. The Morgan fingerprint density at radius 2 is 0.474 bits per heavy atom. The van der Waals surface area contributed by atoms with Crippen molar-refractivity contribution in [2.24, 2.45) is 0 Å². The summed E-state index contributed by atoms with van der Waals surface area (Å²) in [6.45, 7) is 6.26. The lowest BCUT2D eigenvalue weighted by atomic mass is 10.2. The summed E-state index contributed by atoms with van der Waals surface area (Å²) in [5.74, 6) is -0.600. The predicted octanol–water partition coefficient (Wildman–Crippen LogP) is 13.0. The van der Waals surface area contributed by atoms with Crippen molar-refractivity contribution in [1.29, 1.82) is 0 Å². The average molecular weight is 1080 g/mol. The Hall–Kier alpha value is -9.24. The van der Waals surface area contributed by atoms with E-state index >= 15 is 0 Å². The number of aryl methyl sites for hydroxylation is 4. The summed E-state index contributed by atoms with van der Waals surface area (Å²) in [6, 6.07) is 16.7. The minimum Gasteiger partial charge on any atom is -0.361 e. The first-order valence-electron chi connectivity index (χ1n) is 21.1. The van der Waals surface area contributed by atoms with Crippen molar-refractivity contribution >= 4 is 46.4 Å². The van der Waals surface area contributed by atoms with E-state index in [2.05, 4.69) is 41.9 Å². The molecule has 0 saturated heterocycles. The van der Waals surface area contributed by atoms with Gasteiger partial charge in [-0.15, -0.1) is 0 Å². The van der Waals surface area contributed by atoms with Crippen LogP contribution in [0.5, 0.6) is 0 Å². The average Bonchev–Trinajstić information content (AvgIpc) is 4.18. The van der Waals surface area contributed by atoms with Crippen molar-refractivity contribution in [3.63, 3.8) is 0 Å². The maximum absolute atomic E-state index is 12.4. The SMILES string of the molecule is Cc1oncc1C(=O)Nc1ccc(C(F)(F)F)cc1.Cc1oncc1C(=O)Nc1ccc(C(F)(F)F)cc1.Cc1oncc1C(=O)Nc1ccc(C(F)(F)F)cc1.Cc1oncc1C(=O)Nc1ccc(C(F)(F)F)cc1. The number of nitrogens with one attached hydrogen (secondary N) is 4. The summed E-state index contributed by atoms with van der Waals surface area (Å²) < 4.78 is 167. The molecule has 4 aromatic carbocycles. The lowest BCUT2D eigenvalue weighted by Gasteiger charge is -2.08. The Balaban J connectivity index is 0.000000187. The first kappa shape index (κ1) is 57.7. The summed E-state index contributed by atoms with van der Waals surface area (Å²) >= 11 is 0. The van der Waals surface area contributed by atoms with Crippen LogP contribution in [-0.4, -0.2) is 44.3 Å². The molecule has 0 saturated carbocycles. The second kappa shape index (κ2) is 24.2. The van der Waals surface area contributed by atoms with Crippen LogP contribution >= 0.6 is 0 Å². The molecule has 0 spiro atoms. The van der Waals surface area contributed by atoms with Gasteiger partial charge in [0, 0.05) is 22.7 Å². The Morgan fingerprint density at radius 1 is 0.316 bits per heavy atom. The summed E-state index contributed by atoms with van der Waals surface area (Å²) in [5, 5.41) is 23.6. The van der Waals surface area contributed by atoms with E-state index in [9.17, 15) is 71.9 Å². The number of aromatic nitrogens is 4. The van der Waals surface area contributed by atoms with E-state index in [4.69, 9.17) is 18.1 Å². The van der Waals surface area contributed by atoms with Crippen LogP contribution in [0.15, 0.2) is 140 Å². The van der Waals surface area contributed by atoms with Crippen LogP contribution in [0, 0.1) is 27.7 Å². The fourth-order valence-corrected chi connectivity index (χ4v) is 5.83. The molecule has 4 N–H and O–H groups in total. The molecule has 8 aromatic rings. The van der Waals surface area contributed by atoms with Crippen molar-refractivity contribution < 1.29 is 90.0 Å². The molecule has 0 atom stereocenters. The number of benzene rings is 4. The number of halogens is 12. The highest BCUT2D eigenvalue weighted by atomic mass is 19.4. The molecule has 8 rings (SSSR count). The van der Waals surface area contributed by atoms with Crippen LogP contribution in [-0.2, 0) is 24.7 Å². The van der Waals surface area contributed by atoms with Gasteiger partial charge in [0.25, 0.3) is 23.6 Å². The fourth-order valence-electron chi connectivity index (χ4n) is 5.83. The van der Waals surface area contributed by atoms with Gasteiger partial charge in [0.05, 0.1) is 47.0 Å². The van der Waals surface area contributed by atoms with Crippen LogP contribution in [0.25, 0.3) is 0 Å². The molecule has 16 nitrogen and oxygen atoms in total. The van der Waals surface area contributed by atoms with Gasteiger partial charge >= 0.3 is 24.7 Å². The third-order valence-corrected chi connectivity index (χ3v) is 9.86. The van der Waals surface area contributed by atoms with E-state index in [-0.39, 0.29) is 45.0 Å². The zero-order valence-electron chi connectivity index (χ0n) is 39.1. The van der Waals surface area contributed by atoms with Gasteiger partial charge in [-0.05, 0) is 125 Å². The standard InChI is InChI=1S/4C12H9F3N2O2/c4*1-7-10(6-16-19-7)11(18)17-9-4-2-8(3-5-9)12(13,14)15/h4*2-6H,1H3,(H,17,18). The fraction of sp³-hybridized carbons (Fsp3) is 0.167. The number of carbonyl (C=O) groups is 4. The van der Waals surface area contributed by atoms with Gasteiger partial charge in [-0.2, -0.15) is 52.7 Å². The highest BCUT2D eigenvalue weighted by molar-refractivity contribution is 6.06. The lowest BCUT2D eigenvalue weighted by Crippen LogP contribution is -2.12. The molecule has 0 aliphatic heterocycles. The molecule has 4 aromatic heterocycles. The minimum atomic E-state index is -4.40. The highest BCUT2D eigenvalue weighted by Gasteiger charge is 2.33. The lowest BCUT2D eigenvalue weighted by molar-refractivity contribution is -0.138. The van der Waals surface area contributed by atoms with Gasteiger partial charge in [0.2, 0.25) is 0 Å². The Bertz CT molecular complexity index is 2780. The quantitative estimate of drug-likeness (QED) is 0.104. The topological polar surface area (TPSA) is 221 Å². The Morgan fingerprint density at radius 3 is 0.592 bits per heavy atom. The number of carbonyl (C=O) groups excluding carboxylic acids is 4. The van der Waals surface area contributed by atoms with Crippen LogP contribution in [0.3, 0.4) is 0 Å². The molecule has 0 fully saturated rings. The maximum Gasteiger partial charge on any atom is 0.416 e. The van der Waals surface area contributed by atoms with Crippen molar-refractivity contribution in [1.82, 2.24) is 20.6 Å². The molecule has 4 amide bonds. The molecule has 400 valence electrons. The van der Waals surface area contributed by atoms with E-state index in [0.717, 1.165) is 48.5 Å². The monoisotopic (exact) mass is 1080 g/mol. The van der Waals surface area contributed by atoms with E-state index in [1.54, 1.807) is 27.7 Å². The molecule has 0 unspecified atom stereocenters. The van der Waals surface area contributed by atoms with Crippen LogP contribution in [0.4, 0.5) is 75.4 Å². The van der Waals surface area contributed by atoms with E-state index < -0.39 is 70.6 Å².